The van der Waals surface area contributed by atoms with Crippen molar-refractivity contribution in [3.63, 3.8) is 0 Å². The first kappa shape index (κ1) is 15.6. The number of unbranched alkanes of at least 4 members (excludes halogenated alkanes) is 1. The zero-order valence-electron chi connectivity index (χ0n) is 11.0. The third-order valence-electron chi connectivity index (χ3n) is 2.63. The molecule has 106 valence electrons. The van der Waals surface area contributed by atoms with E-state index in [2.05, 4.69) is 4.74 Å². The van der Waals surface area contributed by atoms with Gasteiger partial charge in [-0.2, -0.15) is 0 Å². The van der Waals surface area contributed by atoms with Crippen LogP contribution in [0.5, 0.6) is 0 Å². The molecule has 1 aromatic carbocycles. The highest BCUT2D eigenvalue weighted by Crippen LogP contribution is 2.15. The number of carbonyl (C=O) groups excluding carboxylic acids is 1. The topological polar surface area (TPSA) is 60.4 Å². The number of hydrogen-bond acceptors (Lipinski definition) is 4. The van der Waals surface area contributed by atoms with E-state index >= 15 is 0 Å². The van der Waals surface area contributed by atoms with Gasteiger partial charge in [0.2, 0.25) is 0 Å². The summed E-state index contributed by atoms with van der Waals surface area (Å²) in [5.74, 6) is -1.68. The Morgan fingerprint density at radius 2 is 2.05 bits per heavy atom. The van der Waals surface area contributed by atoms with Crippen molar-refractivity contribution in [1.29, 1.82) is 0 Å². The molecule has 1 rings (SSSR count). The summed E-state index contributed by atoms with van der Waals surface area (Å²) >= 11 is 0. The summed E-state index contributed by atoms with van der Waals surface area (Å²) in [6, 6.07) is 3.74. The van der Waals surface area contributed by atoms with Crippen molar-refractivity contribution in [1.82, 2.24) is 0 Å². The number of ether oxygens (including phenoxy) is 1. The van der Waals surface area contributed by atoms with Gasteiger partial charge in [-0.15, -0.1) is 0 Å². The standard InChI is InChI=1S/C13H17FO4S/c1-3-4-7-19(16,17)9-10-5-6-11(12(14)8-10)13(15)18-2/h5-6,8H,3-4,7,9H2,1-2H3. The Kier molecular flexibility index (Phi) is 5.47. The predicted molar refractivity (Wildman–Crippen MR) is 70.1 cm³/mol. The minimum atomic E-state index is -3.24. The van der Waals surface area contributed by atoms with E-state index in [1.54, 1.807) is 0 Å². The second-order valence-corrected chi connectivity index (χ2v) is 6.44. The predicted octanol–water partition coefficient (Wildman–Crippen LogP) is 2.33. The lowest BCUT2D eigenvalue weighted by Crippen LogP contribution is -2.10. The van der Waals surface area contributed by atoms with Gasteiger partial charge in [-0.1, -0.05) is 19.4 Å². The fraction of sp³-hybridized carbons (Fsp3) is 0.462. The number of hydrogen-bond donors (Lipinski definition) is 0. The van der Waals surface area contributed by atoms with E-state index < -0.39 is 21.6 Å². The minimum absolute atomic E-state index is 0.0872. The highest BCUT2D eigenvalue weighted by Gasteiger charge is 2.16. The molecule has 0 aliphatic carbocycles. The molecule has 0 N–H and O–H groups in total. The first-order chi connectivity index (χ1) is 8.89. The van der Waals surface area contributed by atoms with Crippen LogP contribution in [0.2, 0.25) is 0 Å². The van der Waals surface area contributed by atoms with Gasteiger partial charge >= 0.3 is 5.97 Å². The molecular weight excluding hydrogens is 271 g/mol. The Hall–Kier alpha value is -1.43. The first-order valence-corrected chi connectivity index (χ1v) is 7.79. The summed E-state index contributed by atoms with van der Waals surface area (Å²) in [6.45, 7) is 1.90. The number of benzene rings is 1. The number of sulfone groups is 1. The van der Waals surface area contributed by atoms with Crippen molar-refractivity contribution in [3.05, 3.63) is 35.1 Å². The van der Waals surface area contributed by atoms with Crippen LogP contribution >= 0.6 is 0 Å². The monoisotopic (exact) mass is 288 g/mol. The van der Waals surface area contributed by atoms with E-state index in [-0.39, 0.29) is 17.1 Å². The van der Waals surface area contributed by atoms with Gasteiger partial charge in [0.1, 0.15) is 5.82 Å². The lowest BCUT2D eigenvalue weighted by molar-refractivity contribution is 0.0595. The van der Waals surface area contributed by atoms with Gasteiger partial charge in [-0.3, -0.25) is 0 Å². The molecule has 0 heterocycles. The molecule has 19 heavy (non-hydrogen) atoms. The zero-order valence-corrected chi connectivity index (χ0v) is 11.8. The van der Waals surface area contributed by atoms with Gasteiger partial charge in [0.05, 0.1) is 24.2 Å². The first-order valence-electron chi connectivity index (χ1n) is 5.96. The Morgan fingerprint density at radius 3 is 2.58 bits per heavy atom. The molecule has 0 aromatic heterocycles. The normalized spacial score (nSPS) is 11.3. The number of halogens is 1. The Labute approximate surface area is 112 Å². The quantitative estimate of drug-likeness (QED) is 0.754. The second-order valence-electron chi connectivity index (χ2n) is 4.25. The largest absolute Gasteiger partial charge is 0.465 e. The third-order valence-corrected chi connectivity index (χ3v) is 4.32. The molecule has 0 radical (unpaired) electrons. The second kappa shape index (κ2) is 6.65. The molecular formula is C13H17FO4S. The van der Waals surface area contributed by atoms with Crippen LogP contribution in [-0.2, 0) is 20.3 Å². The average Bonchev–Trinajstić information content (AvgIpc) is 2.35. The molecule has 0 fully saturated rings. The van der Waals surface area contributed by atoms with Gasteiger partial charge in [-0.25, -0.2) is 17.6 Å². The Balaban J connectivity index is 2.87. The lowest BCUT2D eigenvalue weighted by Gasteiger charge is -2.06. The van der Waals surface area contributed by atoms with Crippen LogP contribution in [0.25, 0.3) is 0 Å². The lowest BCUT2D eigenvalue weighted by atomic mass is 10.1. The Bertz CT molecular complexity index is 552. The highest BCUT2D eigenvalue weighted by molar-refractivity contribution is 7.90. The third kappa shape index (κ3) is 4.63. The van der Waals surface area contributed by atoms with E-state index in [0.29, 0.717) is 12.0 Å². The SMILES string of the molecule is CCCCS(=O)(=O)Cc1ccc(C(=O)OC)c(F)c1. The fourth-order valence-corrected chi connectivity index (χ4v) is 3.17. The van der Waals surface area contributed by atoms with Gasteiger partial charge < -0.3 is 4.74 Å². The summed E-state index contributed by atoms with van der Waals surface area (Å²) in [6.07, 6.45) is 1.37. The number of carbonyl (C=O) groups is 1. The number of esters is 1. The summed E-state index contributed by atoms with van der Waals surface area (Å²) < 4.78 is 41.5. The van der Waals surface area contributed by atoms with Crippen LogP contribution in [0.15, 0.2) is 18.2 Å². The van der Waals surface area contributed by atoms with Crippen molar-refractivity contribution in [3.8, 4) is 0 Å². The smallest absolute Gasteiger partial charge is 0.340 e. The van der Waals surface area contributed by atoms with Gasteiger partial charge in [0.25, 0.3) is 0 Å². The molecule has 0 atom stereocenters. The molecule has 0 aliphatic rings. The minimum Gasteiger partial charge on any atom is -0.465 e. The maximum absolute atomic E-state index is 13.6. The van der Waals surface area contributed by atoms with E-state index in [4.69, 9.17) is 0 Å². The molecule has 0 saturated carbocycles. The van der Waals surface area contributed by atoms with Crippen molar-refractivity contribution in [2.75, 3.05) is 12.9 Å². The Morgan fingerprint density at radius 1 is 1.37 bits per heavy atom. The summed E-state index contributed by atoms with van der Waals surface area (Å²) in [4.78, 5) is 11.2. The fourth-order valence-electron chi connectivity index (χ4n) is 1.61. The maximum Gasteiger partial charge on any atom is 0.340 e. The summed E-state index contributed by atoms with van der Waals surface area (Å²) in [5.41, 5.74) is 0.137. The van der Waals surface area contributed by atoms with Crippen LogP contribution in [0.3, 0.4) is 0 Å². The van der Waals surface area contributed by atoms with Crippen molar-refractivity contribution in [2.24, 2.45) is 0 Å². The van der Waals surface area contributed by atoms with Crippen molar-refractivity contribution in [2.45, 2.75) is 25.5 Å². The zero-order chi connectivity index (χ0) is 14.5. The average molecular weight is 288 g/mol. The number of rotatable bonds is 6. The molecule has 4 nitrogen and oxygen atoms in total. The van der Waals surface area contributed by atoms with Gasteiger partial charge in [0.15, 0.2) is 9.84 Å². The number of methoxy groups -OCH3 is 1. The van der Waals surface area contributed by atoms with Crippen LogP contribution in [-0.4, -0.2) is 27.2 Å². The van der Waals surface area contributed by atoms with E-state index in [9.17, 15) is 17.6 Å². The summed E-state index contributed by atoms with van der Waals surface area (Å²) in [7, 11) is -2.08. The highest BCUT2D eigenvalue weighted by atomic mass is 32.2. The molecule has 0 saturated heterocycles. The van der Waals surface area contributed by atoms with E-state index in [1.807, 2.05) is 6.92 Å². The van der Waals surface area contributed by atoms with E-state index in [1.165, 1.54) is 12.1 Å². The van der Waals surface area contributed by atoms with Gasteiger partial charge in [0, 0.05) is 0 Å². The van der Waals surface area contributed by atoms with Crippen molar-refractivity contribution >= 4 is 15.8 Å². The molecule has 0 aliphatic heterocycles. The molecule has 0 bridgehead atoms. The molecule has 0 spiro atoms. The summed E-state index contributed by atoms with van der Waals surface area (Å²) in [5, 5.41) is 0. The molecule has 1 aromatic rings. The van der Waals surface area contributed by atoms with Crippen molar-refractivity contribution < 1.29 is 22.3 Å². The van der Waals surface area contributed by atoms with Crippen LogP contribution in [0.1, 0.15) is 35.7 Å². The molecule has 0 amide bonds. The van der Waals surface area contributed by atoms with Crippen LogP contribution in [0, 0.1) is 5.82 Å². The molecule has 6 heteroatoms. The maximum atomic E-state index is 13.6. The molecule has 0 unspecified atom stereocenters. The van der Waals surface area contributed by atoms with E-state index in [0.717, 1.165) is 19.6 Å². The van der Waals surface area contributed by atoms with Crippen LogP contribution in [0.4, 0.5) is 4.39 Å². The van der Waals surface area contributed by atoms with Crippen LogP contribution < -0.4 is 0 Å². The van der Waals surface area contributed by atoms with Gasteiger partial charge in [-0.05, 0) is 24.1 Å².